The number of rotatable bonds is 11. The van der Waals surface area contributed by atoms with Crippen LogP contribution in [0.3, 0.4) is 0 Å². The van der Waals surface area contributed by atoms with Gasteiger partial charge in [0.05, 0.1) is 12.6 Å². The first-order chi connectivity index (χ1) is 17.1. The fourth-order valence-corrected chi connectivity index (χ4v) is 10.1. The van der Waals surface area contributed by atoms with Gasteiger partial charge in [-0.25, -0.2) is 0 Å². The maximum atomic E-state index is 14.8. The summed E-state index contributed by atoms with van der Waals surface area (Å²) in [5.74, 6) is 0. The van der Waals surface area contributed by atoms with Crippen LogP contribution in [0.2, 0.25) is 0 Å². The summed E-state index contributed by atoms with van der Waals surface area (Å²) >= 11 is 0. The average Bonchev–Trinajstić information content (AvgIpc) is 2.93. The van der Waals surface area contributed by atoms with Crippen molar-refractivity contribution >= 4 is 35.5 Å². The number of hydrogen-bond acceptors (Lipinski definition) is 3. The molecule has 0 aliphatic rings. The molecule has 0 saturated carbocycles. The van der Waals surface area contributed by atoms with Crippen LogP contribution in [0, 0.1) is 0 Å². The summed E-state index contributed by atoms with van der Waals surface area (Å²) in [6, 6.07) is 39.0. The third kappa shape index (κ3) is 5.93. The third-order valence-electron chi connectivity index (χ3n) is 6.32. The van der Waals surface area contributed by atoms with E-state index in [9.17, 15) is 9.13 Å². The highest BCUT2D eigenvalue weighted by Gasteiger charge is 2.35. The van der Waals surface area contributed by atoms with Gasteiger partial charge in [-0.1, -0.05) is 135 Å². The van der Waals surface area contributed by atoms with E-state index < -0.39 is 14.3 Å². The molecular formula is C30H33NO2P2. The van der Waals surface area contributed by atoms with E-state index >= 15 is 0 Å². The summed E-state index contributed by atoms with van der Waals surface area (Å²) in [7, 11) is -5.97. The minimum absolute atomic E-state index is 0.352. The molecule has 0 saturated heterocycles. The van der Waals surface area contributed by atoms with E-state index in [1.807, 2.05) is 121 Å². The predicted molar refractivity (Wildman–Crippen MR) is 151 cm³/mol. The number of hydrogen-bond donors (Lipinski definition) is 0. The largest absolute Gasteiger partial charge is 0.312 e. The Kier molecular flexibility index (Phi) is 8.58. The fraction of sp³-hybridized carbons (Fsp3) is 0.200. The van der Waals surface area contributed by atoms with Crippen LogP contribution in [0.5, 0.6) is 0 Å². The summed E-state index contributed by atoms with van der Waals surface area (Å²) in [4.78, 5) is 2.19. The molecule has 4 aromatic rings. The Morgan fingerprint density at radius 3 is 1.06 bits per heavy atom. The van der Waals surface area contributed by atoms with Crippen molar-refractivity contribution in [2.75, 3.05) is 19.1 Å². The van der Waals surface area contributed by atoms with Crippen molar-refractivity contribution in [3.05, 3.63) is 121 Å². The fourth-order valence-electron chi connectivity index (χ4n) is 4.43. The number of benzene rings is 4. The quantitative estimate of drug-likeness (QED) is 0.236. The molecule has 0 aromatic heterocycles. The van der Waals surface area contributed by atoms with E-state index in [0.717, 1.165) is 40.6 Å². The van der Waals surface area contributed by atoms with Crippen molar-refractivity contribution in [3.8, 4) is 0 Å². The van der Waals surface area contributed by atoms with Gasteiger partial charge in [-0.3, -0.25) is 4.90 Å². The van der Waals surface area contributed by atoms with E-state index in [0.29, 0.717) is 12.6 Å². The second kappa shape index (κ2) is 11.8. The lowest BCUT2D eigenvalue weighted by atomic mass is 10.3. The van der Waals surface area contributed by atoms with E-state index in [4.69, 9.17) is 0 Å². The molecule has 0 amide bonds. The SMILES string of the molecule is CCCCN(CP(=O)(c1ccccc1)c1ccccc1)CP(=O)(c1ccccc1)c1ccccc1. The maximum absolute atomic E-state index is 14.8. The van der Waals surface area contributed by atoms with Gasteiger partial charge in [0.1, 0.15) is 0 Å². The monoisotopic (exact) mass is 501 g/mol. The molecule has 0 aliphatic carbocycles. The number of nitrogens with zero attached hydrogens (tertiary/aromatic N) is 1. The van der Waals surface area contributed by atoms with Gasteiger partial charge >= 0.3 is 0 Å². The number of unbranched alkanes of at least 4 members (excludes halogenated alkanes) is 1. The molecule has 0 heterocycles. The lowest BCUT2D eigenvalue weighted by Crippen LogP contribution is -2.35. The first kappa shape index (κ1) is 25.4. The Hall–Kier alpha value is -2.70. The molecule has 5 heteroatoms. The van der Waals surface area contributed by atoms with Crippen molar-refractivity contribution in [1.82, 2.24) is 4.90 Å². The maximum Gasteiger partial charge on any atom is 0.156 e. The van der Waals surface area contributed by atoms with E-state index in [1.165, 1.54) is 0 Å². The van der Waals surface area contributed by atoms with Gasteiger partial charge in [-0.05, 0) is 13.0 Å². The third-order valence-corrected chi connectivity index (χ3v) is 12.4. The predicted octanol–water partition coefficient (Wildman–Crippen LogP) is 6.03. The van der Waals surface area contributed by atoms with Crippen LogP contribution >= 0.6 is 14.3 Å². The second-order valence-electron chi connectivity index (χ2n) is 8.85. The van der Waals surface area contributed by atoms with Crippen molar-refractivity contribution < 1.29 is 9.13 Å². The zero-order valence-electron chi connectivity index (χ0n) is 20.2. The average molecular weight is 502 g/mol. The normalized spacial score (nSPS) is 12.1. The van der Waals surface area contributed by atoms with Crippen LogP contribution in [-0.4, -0.2) is 24.0 Å². The molecule has 4 aromatic carbocycles. The van der Waals surface area contributed by atoms with E-state index in [-0.39, 0.29) is 0 Å². The molecule has 35 heavy (non-hydrogen) atoms. The van der Waals surface area contributed by atoms with Crippen LogP contribution in [0.25, 0.3) is 0 Å². The Morgan fingerprint density at radius 1 is 0.514 bits per heavy atom. The van der Waals surface area contributed by atoms with Crippen LogP contribution in [-0.2, 0) is 9.13 Å². The first-order valence-electron chi connectivity index (χ1n) is 12.2. The lowest BCUT2D eigenvalue weighted by Gasteiger charge is -2.32. The Balaban J connectivity index is 1.78. The zero-order valence-corrected chi connectivity index (χ0v) is 22.0. The van der Waals surface area contributed by atoms with E-state index in [2.05, 4.69) is 11.8 Å². The minimum Gasteiger partial charge on any atom is -0.312 e. The van der Waals surface area contributed by atoms with Crippen molar-refractivity contribution in [3.63, 3.8) is 0 Å². The molecule has 0 unspecified atom stereocenters. The highest BCUT2D eigenvalue weighted by Crippen LogP contribution is 2.48. The molecular weight excluding hydrogens is 468 g/mol. The van der Waals surface area contributed by atoms with Gasteiger partial charge in [0, 0.05) is 21.2 Å². The van der Waals surface area contributed by atoms with Crippen molar-refractivity contribution in [1.29, 1.82) is 0 Å². The molecule has 0 spiro atoms. The van der Waals surface area contributed by atoms with Gasteiger partial charge in [0.25, 0.3) is 0 Å². The van der Waals surface area contributed by atoms with Gasteiger partial charge in [0.15, 0.2) is 14.3 Å². The molecule has 0 N–H and O–H groups in total. The standard InChI is InChI=1S/C30H33NO2P2/c1-2-3-24-31(25-34(32,27-16-8-4-9-17-27)28-18-10-5-11-19-28)26-35(33,29-20-12-6-13-21-29)30-22-14-7-15-23-30/h4-23H,2-3,24-26H2,1H3. The topological polar surface area (TPSA) is 37.4 Å². The Labute approximate surface area is 209 Å². The van der Waals surface area contributed by atoms with Gasteiger partial charge in [-0.2, -0.15) is 0 Å². The van der Waals surface area contributed by atoms with Crippen LogP contribution in [0.15, 0.2) is 121 Å². The van der Waals surface area contributed by atoms with Gasteiger partial charge < -0.3 is 9.13 Å². The Morgan fingerprint density at radius 2 is 0.800 bits per heavy atom. The lowest BCUT2D eigenvalue weighted by molar-refractivity contribution is 0.353. The second-order valence-corrected chi connectivity index (χ2v) is 14.4. The van der Waals surface area contributed by atoms with E-state index in [1.54, 1.807) is 0 Å². The molecule has 0 bridgehead atoms. The molecule has 180 valence electrons. The summed E-state index contributed by atoms with van der Waals surface area (Å²) in [6.45, 7) is 2.89. The molecule has 0 atom stereocenters. The molecule has 0 aliphatic heterocycles. The van der Waals surface area contributed by atoms with Gasteiger partial charge in [0.2, 0.25) is 0 Å². The molecule has 4 rings (SSSR count). The first-order valence-corrected chi connectivity index (χ1v) is 16.0. The summed E-state index contributed by atoms with van der Waals surface area (Å²) < 4.78 is 29.6. The van der Waals surface area contributed by atoms with Crippen LogP contribution in [0.4, 0.5) is 0 Å². The summed E-state index contributed by atoms with van der Waals surface area (Å²) in [5, 5.41) is 3.34. The summed E-state index contributed by atoms with van der Waals surface area (Å²) in [6.07, 6.45) is 2.67. The van der Waals surface area contributed by atoms with Crippen molar-refractivity contribution in [2.24, 2.45) is 0 Å². The zero-order chi connectivity index (χ0) is 24.6. The minimum atomic E-state index is -2.98. The molecule has 0 radical (unpaired) electrons. The highest BCUT2D eigenvalue weighted by atomic mass is 31.2. The molecule has 0 fully saturated rings. The molecule has 3 nitrogen and oxygen atoms in total. The van der Waals surface area contributed by atoms with Gasteiger partial charge in [-0.15, -0.1) is 0 Å². The van der Waals surface area contributed by atoms with Crippen molar-refractivity contribution in [2.45, 2.75) is 19.8 Å². The smallest absolute Gasteiger partial charge is 0.156 e. The Bertz CT molecular complexity index is 1090. The van der Waals surface area contributed by atoms with Crippen LogP contribution < -0.4 is 21.2 Å². The highest BCUT2D eigenvalue weighted by molar-refractivity contribution is 7.79. The van der Waals surface area contributed by atoms with Crippen LogP contribution in [0.1, 0.15) is 19.8 Å². The summed E-state index contributed by atoms with van der Waals surface area (Å²) in [5.41, 5.74) is 0.